The van der Waals surface area contributed by atoms with E-state index in [0.29, 0.717) is 5.78 Å². The van der Waals surface area contributed by atoms with E-state index in [1.165, 1.54) is 28.8 Å². The molecule has 3 heterocycles. The molecule has 0 saturated carbocycles. The standard InChI is InChI=1S/C20H20N4OS2/c1-12-8-10-13(11-9-12)23-17(25)16-14-6-4-3-5-7-15(14)27-18(16)24-19(23)21-22-20(24)26-2/h8-11H,3-7H2,1-2H3. The number of thioether (sulfide) groups is 1. The summed E-state index contributed by atoms with van der Waals surface area (Å²) in [7, 11) is 0. The van der Waals surface area contributed by atoms with Crippen molar-refractivity contribution in [3.05, 3.63) is 50.6 Å². The highest BCUT2D eigenvalue weighted by molar-refractivity contribution is 7.98. The SMILES string of the molecule is CSc1nnc2n(-c3ccc(C)cc3)c(=O)c3c4c(sc3n12)CCCCC4. The zero-order valence-electron chi connectivity index (χ0n) is 15.4. The summed E-state index contributed by atoms with van der Waals surface area (Å²) in [6.07, 6.45) is 7.64. The average molecular weight is 397 g/mol. The molecule has 3 aromatic heterocycles. The third-order valence-electron chi connectivity index (χ3n) is 5.31. The van der Waals surface area contributed by atoms with Crippen LogP contribution in [-0.2, 0) is 12.8 Å². The van der Waals surface area contributed by atoms with Crippen LogP contribution in [0.25, 0.3) is 21.7 Å². The summed E-state index contributed by atoms with van der Waals surface area (Å²) in [5.41, 5.74) is 3.28. The molecular formula is C20H20N4OS2. The van der Waals surface area contributed by atoms with Crippen molar-refractivity contribution in [2.75, 3.05) is 6.26 Å². The minimum absolute atomic E-state index is 0.0285. The van der Waals surface area contributed by atoms with Crippen LogP contribution in [0.4, 0.5) is 0 Å². The highest BCUT2D eigenvalue weighted by Crippen LogP contribution is 2.35. The van der Waals surface area contributed by atoms with Crippen LogP contribution in [0.5, 0.6) is 0 Å². The Hall–Kier alpha value is -2.12. The molecule has 1 aliphatic carbocycles. The molecule has 4 aromatic rings. The lowest BCUT2D eigenvalue weighted by molar-refractivity contribution is 0.713. The maximum absolute atomic E-state index is 13.7. The van der Waals surface area contributed by atoms with Gasteiger partial charge in [-0.3, -0.25) is 4.79 Å². The Labute approximate surface area is 165 Å². The molecule has 0 unspecified atom stereocenters. The molecule has 27 heavy (non-hydrogen) atoms. The van der Waals surface area contributed by atoms with Crippen molar-refractivity contribution in [1.29, 1.82) is 0 Å². The summed E-state index contributed by atoms with van der Waals surface area (Å²) in [5, 5.41) is 10.4. The van der Waals surface area contributed by atoms with E-state index in [1.54, 1.807) is 27.7 Å². The lowest BCUT2D eigenvalue weighted by atomic mass is 10.1. The van der Waals surface area contributed by atoms with Gasteiger partial charge in [0.25, 0.3) is 5.56 Å². The van der Waals surface area contributed by atoms with Gasteiger partial charge in [0, 0.05) is 4.88 Å². The minimum atomic E-state index is 0.0285. The van der Waals surface area contributed by atoms with Gasteiger partial charge >= 0.3 is 0 Å². The zero-order chi connectivity index (χ0) is 18.5. The fourth-order valence-corrected chi connectivity index (χ4v) is 5.87. The summed E-state index contributed by atoms with van der Waals surface area (Å²) >= 11 is 3.32. The maximum atomic E-state index is 13.7. The summed E-state index contributed by atoms with van der Waals surface area (Å²) in [6.45, 7) is 2.05. The van der Waals surface area contributed by atoms with Gasteiger partial charge < -0.3 is 0 Å². The Morgan fingerprint density at radius 3 is 2.63 bits per heavy atom. The van der Waals surface area contributed by atoms with Gasteiger partial charge in [-0.1, -0.05) is 35.9 Å². The normalized spacial score (nSPS) is 14.6. The zero-order valence-corrected chi connectivity index (χ0v) is 17.0. The number of hydrogen-bond acceptors (Lipinski definition) is 5. The second-order valence-corrected chi connectivity index (χ2v) is 8.90. The van der Waals surface area contributed by atoms with E-state index in [2.05, 4.69) is 14.6 Å². The smallest absolute Gasteiger partial charge is 0.268 e. The molecule has 0 atom stereocenters. The van der Waals surface area contributed by atoms with Crippen LogP contribution in [0.15, 0.2) is 34.2 Å². The van der Waals surface area contributed by atoms with Crippen molar-refractivity contribution in [2.24, 2.45) is 0 Å². The molecule has 0 radical (unpaired) electrons. The number of aryl methyl sites for hydroxylation is 3. The molecular weight excluding hydrogens is 376 g/mol. The number of hydrogen-bond donors (Lipinski definition) is 0. The molecule has 0 fully saturated rings. The van der Waals surface area contributed by atoms with Crippen LogP contribution in [0.2, 0.25) is 0 Å². The van der Waals surface area contributed by atoms with Crippen LogP contribution in [0, 0.1) is 6.92 Å². The summed E-state index contributed by atoms with van der Waals surface area (Å²) in [5.74, 6) is 0.595. The van der Waals surface area contributed by atoms with Gasteiger partial charge in [-0.15, -0.1) is 21.5 Å². The van der Waals surface area contributed by atoms with Gasteiger partial charge in [0.15, 0.2) is 5.16 Å². The first kappa shape index (κ1) is 17.0. The molecule has 0 aliphatic heterocycles. The first-order chi connectivity index (χ1) is 13.2. The highest BCUT2D eigenvalue weighted by Gasteiger charge is 2.24. The molecule has 7 heteroatoms. The van der Waals surface area contributed by atoms with Gasteiger partial charge in [0.2, 0.25) is 5.78 Å². The van der Waals surface area contributed by atoms with Gasteiger partial charge in [-0.05, 0) is 56.6 Å². The van der Waals surface area contributed by atoms with Crippen LogP contribution in [0.1, 0.15) is 35.3 Å². The lowest BCUT2D eigenvalue weighted by Gasteiger charge is -2.10. The van der Waals surface area contributed by atoms with Crippen LogP contribution in [-0.4, -0.2) is 25.4 Å². The van der Waals surface area contributed by atoms with Gasteiger partial charge in [0.1, 0.15) is 4.83 Å². The Balaban J connectivity index is 1.95. The van der Waals surface area contributed by atoms with Crippen molar-refractivity contribution in [3.8, 4) is 5.69 Å². The van der Waals surface area contributed by atoms with Gasteiger partial charge in [0.05, 0.1) is 11.1 Å². The molecule has 1 aliphatic rings. The fourth-order valence-electron chi connectivity index (χ4n) is 3.95. The Kier molecular flexibility index (Phi) is 4.09. The van der Waals surface area contributed by atoms with Gasteiger partial charge in [-0.2, -0.15) is 0 Å². The molecule has 5 rings (SSSR count). The number of benzene rings is 1. The Morgan fingerprint density at radius 2 is 1.85 bits per heavy atom. The van der Waals surface area contributed by atoms with Crippen molar-refractivity contribution in [1.82, 2.24) is 19.2 Å². The molecule has 0 N–H and O–H groups in total. The molecule has 1 aromatic carbocycles. The second kappa shape index (κ2) is 6.49. The predicted octanol–water partition coefficient (Wildman–Crippen LogP) is 4.39. The maximum Gasteiger partial charge on any atom is 0.268 e. The molecule has 0 saturated heterocycles. The van der Waals surface area contributed by atoms with Crippen LogP contribution in [0.3, 0.4) is 0 Å². The van der Waals surface area contributed by atoms with Crippen molar-refractivity contribution in [3.63, 3.8) is 0 Å². The highest BCUT2D eigenvalue weighted by atomic mass is 32.2. The minimum Gasteiger partial charge on any atom is -0.268 e. The lowest BCUT2D eigenvalue weighted by Crippen LogP contribution is -2.22. The van der Waals surface area contributed by atoms with E-state index >= 15 is 0 Å². The molecule has 0 spiro atoms. The summed E-state index contributed by atoms with van der Waals surface area (Å²) in [6, 6.07) is 8.03. The average Bonchev–Trinajstić information content (AvgIpc) is 3.17. The topological polar surface area (TPSA) is 52.2 Å². The van der Waals surface area contributed by atoms with Gasteiger partial charge in [-0.25, -0.2) is 8.97 Å². The monoisotopic (exact) mass is 396 g/mol. The van der Waals surface area contributed by atoms with Crippen LogP contribution >= 0.6 is 23.1 Å². The third kappa shape index (κ3) is 2.56. The van der Waals surface area contributed by atoms with E-state index in [-0.39, 0.29) is 5.56 Å². The first-order valence-electron chi connectivity index (χ1n) is 9.24. The second-order valence-electron chi connectivity index (χ2n) is 7.04. The van der Waals surface area contributed by atoms with Crippen LogP contribution < -0.4 is 5.56 Å². The first-order valence-corrected chi connectivity index (χ1v) is 11.3. The van der Waals surface area contributed by atoms with Crippen molar-refractivity contribution >= 4 is 39.1 Å². The fraction of sp³-hybridized carbons (Fsp3) is 0.350. The number of aromatic nitrogens is 4. The quantitative estimate of drug-likeness (QED) is 0.372. The summed E-state index contributed by atoms with van der Waals surface area (Å²) in [4.78, 5) is 16.0. The molecule has 138 valence electrons. The molecule has 5 nitrogen and oxygen atoms in total. The van der Waals surface area contributed by atoms with E-state index in [4.69, 9.17) is 0 Å². The Bertz CT molecular complexity index is 1220. The largest absolute Gasteiger partial charge is 0.268 e. The molecule has 0 bridgehead atoms. The van der Waals surface area contributed by atoms with E-state index in [9.17, 15) is 4.79 Å². The van der Waals surface area contributed by atoms with Crippen molar-refractivity contribution in [2.45, 2.75) is 44.2 Å². The summed E-state index contributed by atoms with van der Waals surface area (Å²) < 4.78 is 3.80. The van der Waals surface area contributed by atoms with E-state index in [0.717, 1.165) is 40.3 Å². The number of thiophene rings is 1. The Morgan fingerprint density at radius 1 is 1.07 bits per heavy atom. The van der Waals surface area contributed by atoms with E-state index < -0.39 is 0 Å². The number of rotatable bonds is 2. The van der Waals surface area contributed by atoms with E-state index in [1.807, 2.05) is 37.4 Å². The van der Waals surface area contributed by atoms with Crippen molar-refractivity contribution < 1.29 is 0 Å². The molecule has 0 amide bonds. The number of nitrogens with zero attached hydrogens (tertiary/aromatic N) is 4. The predicted molar refractivity (Wildman–Crippen MR) is 112 cm³/mol. The number of fused-ring (bicyclic) bond motifs is 5. The third-order valence-corrected chi connectivity index (χ3v) is 7.22.